The van der Waals surface area contributed by atoms with Crippen molar-refractivity contribution >= 4 is 23.2 Å². The van der Waals surface area contributed by atoms with Crippen molar-refractivity contribution in [3.05, 3.63) is 88.3 Å². The van der Waals surface area contributed by atoms with E-state index in [1.54, 1.807) is 24.4 Å². The second-order valence-electron chi connectivity index (χ2n) is 6.85. The first-order valence-corrected chi connectivity index (χ1v) is 9.67. The summed E-state index contributed by atoms with van der Waals surface area (Å²) in [6, 6.07) is 17.3. The zero-order chi connectivity index (χ0) is 19.5. The Bertz CT molecular complexity index is 996. The van der Waals surface area contributed by atoms with Crippen LogP contribution in [0, 0.1) is 6.92 Å². The van der Waals surface area contributed by atoms with Gasteiger partial charge in [0.2, 0.25) is 5.78 Å². The zero-order valence-electron chi connectivity index (χ0n) is 15.6. The van der Waals surface area contributed by atoms with Gasteiger partial charge in [0.15, 0.2) is 0 Å². The second kappa shape index (κ2) is 8.09. The largest absolute Gasteiger partial charge is 0.353 e. The summed E-state index contributed by atoms with van der Waals surface area (Å²) in [5, 5.41) is 4.27. The summed E-state index contributed by atoms with van der Waals surface area (Å²) in [6.45, 7) is 4.29. The van der Waals surface area contributed by atoms with E-state index < -0.39 is 0 Å². The predicted molar refractivity (Wildman–Crippen MR) is 113 cm³/mol. The van der Waals surface area contributed by atoms with Crippen molar-refractivity contribution in [1.29, 1.82) is 0 Å². The number of hydrogen-bond donors (Lipinski definition) is 1. The maximum Gasteiger partial charge on any atom is 0.213 e. The Hall–Kier alpha value is -2.76. The van der Waals surface area contributed by atoms with Gasteiger partial charge in [0.1, 0.15) is 11.5 Å². The first kappa shape index (κ1) is 18.6. The Morgan fingerprint density at radius 1 is 1.18 bits per heavy atom. The number of ketones is 1. The quantitative estimate of drug-likeness (QED) is 0.676. The lowest BCUT2D eigenvalue weighted by Crippen LogP contribution is -2.46. The molecule has 0 saturated carbocycles. The molecule has 3 aromatic rings. The minimum absolute atomic E-state index is 0. The third-order valence-corrected chi connectivity index (χ3v) is 5.24. The van der Waals surface area contributed by atoms with Crippen molar-refractivity contribution < 1.29 is 6.22 Å². The first-order valence-electron chi connectivity index (χ1n) is 9.29. The molecule has 1 saturated heterocycles. The molecule has 0 amide bonds. The average molecular weight is 395 g/mol. The monoisotopic (exact) mass is 394 g/mol. The Balaban J connectivity index is 0.00000240. The van der Waals surface area contributed by atoms with Crippen LogP contribution in [0.1, 0.15) is 34.8 Å². The number of aryl methyl sites for hydroxylation is 1. The van der Waals surface area contributed by atoms with Crippen LogP contribution in [-0.4, -0.2) is 35.4 Å². The molecule has 6 heteroatoms. The average Bonchev–Trinajstić information content (AvgIpc) is 2.74. The van der Waals surface area contributed by atoms with Crippen LogP contribution in [0.25, 0.3) is 0 Å². The van der Waals surface area contributed by atoms with Crippen LogP contribution in [0.15, 0.2) is 60.8 Å². The standard InChI is InChI=1S/C22H21ClN4O.H2/c1-15-18(4-3-11-24-15)22(28)19-5-2-6-21(26-19)27-13-12-25-20(14-27)16-7-9-17(23)10-8-16;/h2-11,20,25H,12-14H2,1H3;1H. The number of nitrogens with one attached hydrogen (secondary N) is 1. The van der Waals surface area contributed by atoms with Gasteiger partial charge < -0.3 is 10.2 Å². The smallest absolute Gasteiger partial charge is 0.213 e. The molecule has 144 valence electrons. The number of halogens is 1. The summed E-state index contributed by atoms with van der Waals surface area (Å²) < 4.78 is 0. The van der Waals surface area contributed by atoms with E-state index in [4.69, 9.17) is 11.6 Å². The molecule has 0 bridgehead atoms. The lowest BCUT2D eigenvalue weighted by atomic mass is 10.0. The van der Waals surface area contributed by atoms with Gasteiger partial charge >= 0.3 is 0 Å². The first-order chi connectivity index (χ1) is 13.6. The number of anilines is 1. The summed E-state index contributed by atoms with van der Waals surface area (Å²) in [7, 11) is 0. The molecule has 1 aromatic carbocycles. The molecule has 1 unspecified atom stereocenters. The SMILES string of the molecule is Cc1ncccc1C(=O)c1cccc(N2CCNC(c3ccc(Cl)cc3)C2)n1.[HH]. The van der Waals surface area contributed by atoms with E-state index in [1.165, 1.54) is 5.56 Å². The van der Waals surface area contributed by atoms with Gasteiger partial charge in [-0.3, -0.25) is 9.78 Å². The van der Waals surface area contributed by atoms with Crippen molar-refractivity contribution in [3.63, 3.8) is 0 Å². The summed E-state index contributed by atoms with van der Waals surface area (Å²) in [6.07, 6.45) is 1.69. The summed E-state index contributed by atoms with van der Waals surface area (Å²) in [5.74, 6) is 0.713. The number of benzene rings is 1. The van der Waals surface area contributed by atoms with Crippen LogP contribution in [0.3, 0.4) is 0 Å². The van der Waals surface area contributed by atoms with Gasteiger partial charge in [-0.15, -0.1) is 0 Å². The number of carbonyl (C=O) groups is 1. The molecular formula is C22H23ClN4O. The summed E-state index contributed by atoms with van der Waals surface area (Å²) in [5.41, 5.74) is 2.93. The molecule has 0 spiro atoms. The molecule has 1 atom stereocenters. The van der Waals surface area contributed by atoms with Gasteiger partial charge in [0, 0.05) is 49.6 Å². The number of pyridine rings is 2. The highest BCUT2D eigenvalue weighted by atomic mass is 35.5. The molecule has 0 radical (unpaired) electrons. The molecule has 2 aromatic heterocycles. The van der Waals surface area contributed by atoms with E-state index in [9.17, 15) is 4.79 Å². The molecule has 1 aliphatic heterocycles. The minimum Gasteiger partial charge on any atom is -0.353 e. The van der Waals surface area contributed by atoms with Crippen molar-refractivity contribution in [1.82, 2.24) is 15.3 Å². The van der Waals surface area contributed by atoms with Crippen molar-refractivity contribution in [2.24, 2.45) is 0 Å². The third-order valence-electron chi connectivity index (χ3n) is 4.99. The highest BCUT2D eigenvalue weighted by Gasteiger charge is 2.23. The molecule has 0 aliphatic carbocycles. The molecule has 4 rings (SSSR count). The number of rotatable bonds is 4. The van der Waals surface area contributed by atoms with Gasteiger partial charge in [-0.1, -0.05) is 29.8 Å². The Kier molecular flexibility index (Phi) is 5.37. The second-order valence-corrected chi connectivity index (χ2v) is 7.29. The fourth-order valence-electron chi connectivity index (χ4n) is 3.46. The molecule has 1 fully saturated rings. The fourth-order valence-corrected chi connectivity index (χ4v) is 3.59. The van der Waals surface area contributed by atoms with Crippen LogP contribution in [0.5, 0.6) is 0 Å². The molecule has 5 nitrogen and oxygen atoms in total. The molecule has 3 heterocycles. The van der Waals surface area contributed by atoms with E-state index >= 15 is 0 Å². The van der Waals surface area contributed by atoms with Crippen molar-refractivity contribution in [3.8, 4) is 0 Å². The predicted octanol–water partition coefficient (Wildman–Crippen LogP) is 4.07. The number of hydrogen-bond acceptors (Lipinski definition) is 5. The minimum atomic E-state index is -0.100. The van der Waals surface area contributed by atoms with Gasteiger partial charge in [-0.05, 0) is 48.9 Å². The number of piperazine rings is 1. The molecule has 1 aliphatic rings. The van der Waals surface area contributed by atoms with E-state index in [-0.39, 0.29) is 13.3 Å². The van der Waals surface area contributed by atoms with Gasteiger partial charge in [-0.2, -0.15) is 0 Å². The summed E-state index contributed by atoms with van der Waals surface area (Å²) in [4.78, 5) is 24.0. The van der Waals surface area contributed by atoms with Crippen LogP contribution in [0.2, 0.25) is 5.02 Å². The topological polar surface area (TPSA) is 58.1 Å². The van der Waals surface area contributed by atoms with Crippen molar-refractivity contribution in [2.75, 3.05) is 24.5 Å². The Morgan fingerprint density at radius 3 is 2.79 bits per heavy atom. The third kappa shape index (κ3) is 3.91. The Labute approximate surface area is 170 Å². The lowest BCUT2D eigenvalue weighted by molar-refractivity contribution is 0.103. The summed E-state index contributed by atoms with van der Waals surface area (Å²) >= 11 is 6.01. The van der Waals surface area contributed by atoms with Gasteiger partial charge in [-0.25, -0.2) is 4.98 Å². The van der Waals surface area contributed by atoms with Gasteiger partial charge in [0.25, 0.3) is 0 Å². The number of aromatic nitrogens is 2. The number of carbonyl (C=O) groups excluding carboxylic acids is 1. The van der Waals surface area contributed by atoms with E-state index in [1.807, 2.05) is 43.3 Å². The number of nitrogens with zero attached hydrogens (tertiary/aromatic N) is 3. The van der Waals surface area contributed by atoms with Crippen LogP contribution >= 0.6 is 11.6 Å². The van der Waals surface area contributed by atoms with Crippen molar-refractivity contribution in [2.45, 2.75) is 13.0 Å². The van der Waals surface area contributed by atoms with Crippen LogP contribution < -0.4 is 10.2 Å². The maximum absolute atomic E-state index is 12.9. The molecular weight excluding hydrogens is 372 g/mol. The highest BCUT2D eigenvalue weighted by molar-refractivity contribution is 6.30. The zero-order valence-corrected chi connectivity index (χ0v) is 16.4. The maximum atomic E-state index is 12.9. The van der Waals surface area contributed by atoms with E-state index in [0.717, 1.165) is 30.5 Å². The van der Waals surface area contributed by atoms with Gasteiger partial charge in [0.05, 0.1) is 0 Å². The van der Waals surface area contributed by atoms with Crippen LogP contribution in [0.4, 0.5) is 5.82 Å². The normalized spacial score (nSPS) is 16.8. The molecule has 1 N–H and O–H groups in total. The molecule has 28 heavy (non-hydrogen) atoms. The van der Waals surface area contributed by atoms with Crippen LogP contribution in [-0.2, 0) is 0 Å². The Morgan fingerprint density at radius 2 is 2.00 bits per heavy atom. The lowest BCUT2D eigenvalue weighted by Gasteiger charge is -2.35. The van der Waals surface area contributed by atoms with E-state index in [2.05, 4.69) is 20.2 Å². The van der Waals surface area contributed by atoms with E-state index in [0.29, 0.717) is 17.0 Å². The fraction of sp³-hybridized carbons (Fsp3) is 0.227. The highest BCUT2D eigenvalue weighted by Crippen LogP contribution is 2.23.